The van der Waals surface area contributed by atoms with Crippen molar-refractivity contribution in [1.29, 1.82) is 0 Å². The number of amides is 2. The van der Waals surface area contributed by atoms with Crippen molar-refractivity contribution in [2.45, 2.75) is 39.5 Å². The molecule has 2 amide bonds. The Labute approximate surface area is 212 Å². The van der Waals surface area contributed by atoms with Gasteiger partial charge in [-0.2, -0.15) is 0 Å². The van der Waals surface area contributed by atoms with E-state index in [1.807, 2.05) is 42.2 Å². The quantitative estimate of drug-likeness (QED) is 0.309. The van der Waals surface area contributed by atoms with Crippen molar-refractivity contribution in [1.82, 2.24) is 10.2 Å². The molecule has 0 aromatic heterocycles. The Morgan fingerprint density at radius 1 is 1.24 bits per heavy atom. The second-order valence-electron chi connectivity index (χ2n) is 7.91. The summed E-state index contributed by atoms with van der Waals surface area (Å²) in [5.41, 5.74) is 2.56. The monoisotopic (exact) mass is 502 g/mol. The molecule has 0 spiro atoms. The first-order valence-corrected chi connectivity index (χ1v) is 12.1. The Bertz CT molecular complexity index is 984. The highest BCUT2D eigenvalue weighted by Crippen LogP contribution is 2.22. The van der Waals surface area contributed by atoms with Gasteiger partial charge in [-0.25, -0.2) is 0 Å². The van der Waals surface area contributed by atoms with Crippen molar-refractivity contribution in [3.05, 3.63) is 94.6 Å². The second-order valence-corrected chi connectivity index (χ2v) is 8.60. The fourth-order valence-corrected chi connectivity index (χ4v) is 3.87. The summed E-state index contributed by atoms with van der Waals surface area (Å²) >= 11 is 11.8. The third kappa shape index (κ3) is 8.54. The average Bonchev–Trinajstić information content (AvgIpc) is 3.25. The van der Waals surface area contributed by atoms with Crippen molar-refractivity contribution in [2.24, 2.45) is 5.92 Å². The molecule has 182 valence electrons. The first-order chi connectivity index (χ1) is 16.4. The summed E-state index contributed by atoms with van der Waals surface area (Å²) in [5, 5.41) is 3.42. The highest BCUT2D eigenvalue weighted by molar-refractivity contribution is 6.31. The molecular formula is C27H32Cl2N2O3. The Hall–Kier alpha value is -2.76. The third-order valence-corrected chi connectivity index (χ3v) is 6.00. The van der Waals surface area contributed by atoms with Crippen molar-refractivity contribution in [2.75, 3.05) is 13.1 Å². The molecule has 1 atom stereocenters. The fraction of sp³-hybridized carbons (Fsp3) is 0.333. The number of halogens is 2. The van der Waals surface area contributed by atoms with Gasteiger partial charge in [-0.3, -0.25) is 9.59 Å². The van der Waals surface area contributed by atoms with Gasteiger partial charge >= 0.3 is 0 Å². The number of carbonyl (C=O) groups is 2. The highest BCUT2D eigenvalue weighted by atomic mass is 35.5. The zero-order valence-electron chi connectivity index (χ0n) is 19.7. The molecule has 1 saturated heterocycles. The molecule has 1 N–H and O–H groups in total. The number of hydrogen-bond donors (Lipinski definition) is 1. The van der Waals surface area contributed by atoms with Gasteiger partial charge in [0.05, 0.1) is 5.70 Å². The summed E-state index contributed by atoms with van der Waals surface area (Å²) in [6.45, 7) is 8.52. The van der Waals surface area contributed by atoms with Crippen LogP contribution in [0.4, 0.5) is 0 Å². The van der Waals surface area contributed by atoms with Gasteiger partial charge in [-0.15, -0.1) is 0 Å². The van der Waals surface area contributed by atoms with E-state index in [9.17, 15) is 9.59 Å². The lowest BCUT2D eigenvalue weighted by Crippen LogP contribution is -2.34. The summed E-state index contributed by atoms with van der Waals surface area (Å²) in [7, 11) is 0. The van der Waals surface area contributed by atoms with Crippen LogP contribution in [0.25, 0.3) is 0 Å². The maximum Gasteiger partial charge on any atom is 0.250 e. The number of likely N-dealkylation sites (tertiary alicyclic amines) is 1. The fourth-order valence-electron chi connectivity index (χ4n) is 3.64. The Morgan fingerprint density at radius 2 is 2.03 bits per heavy atom. The van der Waals surface area contributed by atoms with E-state index in [0.29, 0.717) is 54.6 Å². The lowest BCUT2D eigenvalue weighted by molar-refractivity contribution is -0.128. The van der Waals surface area contributed by atoms with E-state index in [1.165, 1.54) is 5.54 Å². The topological polar surface area (TPSA) is 58.6 Å². The van der Waals surface area contributed by atoms with Crippen LogP contribution >= 0.6 is 23.2 Å². The maximum atomic E-state index is 13.0. The summed E-state index contributed by atoms with van der Waals surface area (Å²) in [4.78, 5) is 27.8. The first kappa shape index (κ1) is 27.5. The molecule has 5 nitrogen and oxygen atoms in total. The van der Waals surface area contributed by atoms with E-state index >= 15 is 0 Å². The van der Waals surface area contributed by atoms with Crippen LogP contribution in [0.1, 0.15) is 39.5 Å². The normalized spacial score (nSPS) is 20.3. The van der Waals surface area contributed by atoms with Gasteiger partial charge in [0.25, 0.3) is 0 Å². The first-order valence-electron chi connectivity index (χ1n) is 11.3. The molecule has 1 fully saturated rings. The van der Waals surface area contributed by atoms with Gasteiger partial charge in [0.2, 0.25) is 11.8 Å². The minimum atomic E-state index is -0.210. The largest absolute Gasteiger partial charge is 0.460 e. The van der Waals surface area contributed by atoms with Crippen LogP contribution < -0.4 is 5.32 Å². The van der Waals surface area contributed by atoms with E-state index in [0.717, 1.165) is 12.0 Å². The minimum Gasteiger partial charge on any atom is -0.460 e. The maximum absolute atomic E-state index is 13.0. The molecule has 0 radical (unpaired) electrons. The van der Waals surface area contributed by atoms with Gasteiger partial charge in [0.15, 0.2) is 0 Å². The van der Waals surface area contributed by atoms with E-state index in [2.05, 4.69) is 11.9 Å². The Kier molecular flexibility index (Phi) is 11.7. The molecule has 1 heterocycles. The van der Waals surface area contributed by atoms with Crippen molar-refractivity contribution >= 4 is 35.0 Å². The molecule has 0 aromatic carbocycles. The molecule has 2 rings (SSSR count). The molecule has 7 heteroatoms. The summed E-state index contributed by atoms with van der Waals surface area (Å²) in [5.74, 6) is 0.594. The number of nitrogens with one attached hydrogen (secondary N) is 1. The summed E-state index contributed by atoms with van der Waals surface area (Å²) in [6, 6.07) is 0. The van der Waals surface area contributed by atoms with Crippen molar-refractivity contribution in [3.63, 3.8) is 0 Å². The van der Waals surface area contributed by atoms with Crippen LogP contribution in [0.2, 0.25) is 0 Å². The van der Waals surface area contributed by atoms with E-state index in [-0.39, 0.29) is 17.7 Å². The zero-order chi connectivity index (χ0) is 24.9. The lowest BCUT2D eigenvalue weighted by atomic mass is 9.99. The zero-order valence-corrected chi connectivity index (χ0v) is 21.2. The molecule has 1 unspecified atom stereocenters. The smallest absolute Gasteiger partial charge is 0.250 e. The van der Waals surface area contributed by atoms with E-state index < -0.39 is 0 Å². The number of rotatable bonds is 8. The number of allylic oxidation sites excluding steroid dienone is 11. The van der Waals surface area contributed by atoms with Crippen molar-refractivity contribution < 1.29 is 14.3 Å². The predicted molar refractivity (Wildman–Crippen MR) is 140 cm³/mol. The van der Waals surface area contributed by atoms with Crippen LogP contribution in [0.3, 0.4) is 0 Å². The third-order valence-electron chi connectivity index (χ3n) is 5.55. The number of hydrogen-bond acceptors (Lipinski definition) is 3. The van der Waals surface area contributed by atoms with Gasteiger partial charge < -0.3 is 15.0 Å². The summed E-state index contributed by atoms with van der Waals surface area (Å²) < 4.78 is 5.84. The molecule has 0 aromatic rings. The molecule has 34 heavy (non-hydrogen) atoms. The van der Waals surface area contributed by atoms with Crippen LogP contribution in [-0.2, 0) is 14.3 Å². The molecule has 2 aliphatic rings. The standard InChI is InChI=1S/C27H32Cl2N2O3/c1-4-23(29)19-24(14-16-28)34-20(3)25(5-2)30-26(32)21-13-10-17-31(18-15-21)27(33)22-11-8-6-7-9-12-22/h4-9,11,14,16,19,21H,2,10,12-13,15,17-18H2,1,3H3,(H,30,32)/b16-14+,23-4+,24-19+,25-20-. The van der Waals surface area contributed by atoms with E-state index in [1.54, 1.807) is 31.2 Å². The number of nitrogens with zero attached hydrogens (tertiary/aromatic N) is 1. The minimum absolute atomic E-state index is 0.0413. The molecule has 0 saturated carbocycles. The van der Waals surface area contributed by atoms with Gasteiger partial charge in [0.1, 0.15) is 11.5 Å². The number of carbonyl (C=O) groups excluding carboxylic acids is 2. The Morgan fingerprint density at radius 3 is 2.74 bits per heavy atom. The highest BCUT2D eigenvalue weighted by Gasteiger charge is 2.26. The van der Waals surface area contributed by atoms with Crippen LogP contribution in [0.5, 0.6) is 0 Å². The van der Waals surface area contributed by atoms with Crippen LogP contribution in [0.15, 0.2) is 94.6 Å². The molecule has 1 aliphatic carbocycles. The van der Waals surface area contributed by atoms with Gasteiger partial charge in [-0.05, 0) is 57.8 Å². The summed E-state index contributed by atoms with van der Waals surface area (Å²) in [6.07, 6.45) is 18.7. The van der Waals surface area contributed by atoms with Crippen LogP contribution in [-0.4, -0.2) is 29.8 Å². The number of ether oxygens (including phenoxy) is 1. The second kappa shape index (κ2) is 14.5. The van der Waals surface area contributed by atoms with E-state index in [4.69, 9.17) is 27.9 Å². The lowest BCUT2D eigenvalue weighted by Gasteiger charge is -2.22. The predicted octanol–water partition coefficient (Wildman–Crippen LogP) is 6.39. The van der Waals surface area contributed by atoms with Crippen LogP contribution in [0, 0.1) is 5.92 Å². The van der Waals surface area contributed by atoms with Gasteiger partial charge in [0, 0.05) is 35.1 Å². The average molecular weight is 503 g/mol. The van der Waals surface area contributed by atoms with Gasteiger partial charge in [-0.1, -0.05) is 66.2 Å². The SMILES string of the molecule is C=C/C(NC(=O)C1CCCN(C(=O)C2=CC=CC=CC2)CC1)=C(\C)OC(/C=C/Cl)=C/C(Cl)=C\C. The molecule has 1 aliphatic heterocycles. The molecular weight excluding hydrogens is 471 g/mol. The van der Waals surface area contributed by atoms with Crippen molar-refractivity contribution in [3.8, 4) is 0 Å². The Balaban J connectivity index is 2.04. The molecule has 0 bridgehead atoms.